The van der Waals surface area contributed by atoms with Crippen LogP contribution in [0.3, 0.4) is 0 Å². The van der Waals surface area contributed by atoms with Crippen molar-refractivity contribution in [1.82, 2.24) is 0 Å². The van der Waals surface area contributed by atoms with Gasteiger partial charge in [-0.1, -0.05) is 127 Å². The fourth-order valence-electron chi connectivity index (χ4n) is 8.75. The Hall–Kier alpha value is -5.70. The molecule has 0 aliphatic heterocycles. The fourth-order valence-corrected chi connectivity index (χ4v) is 10.1. The van der Waals surface area contributed by atoms with Gasteiger partial charge in [-0.2, -0.15) is 0 Å². The molecule has 0 radical (unpaired) electrons. The van der Waals surface area contributed by atoms with Gasteiger partial charge in [0.2, 0.25) is 0 Å². The van der Waals surface area contributed by atoms with Gasteiger partial charge in [0.25, 0.3) is 0 Å². The van der Waals surface area contributed by atoms with Gasteiger partial charge in [-0.15, -0.1) is 11.3 Å². The average Bonchev–Trinajstić information content (AvgIpc) is 3.76. The maximum atomic E-state index is 6.88. The molecule has 0 N–H and O–H groups in total. The monoisotopic (exact) mass is 656 g/mol. The SMILES string of the molecule is C1=Cc2sc3c4ccccc4c4c5cc(-c6c7c(c(-c8ccc(-c9ccccc9)cc8)c8ccccc68)=CCCC=7)ccc5oc4c3c2CC1. The highest BCUT2D eigenvalue weighted by molar-refractivity contribution is 7.21. The first-order chi connectivity index (χ1) is 24.8. The molecule has 0 atom stereocenters. The molecular weight excluding hydrogens is 625 g/mol. The molecule has 2 heterocycles. The normalized spacial score (nSPS) is 13.9. The van der Waals surface area contributed by atoms with Gasteiger partial charge in [0.15, 0.2) is 0 Å². The van der Waals surface area contributed by atoms with E-state index in [4.69, 9.17) is 4.42 Å². The Morgan fingerprint density at radius 1 is 0.500 bits per heavy atom. The Balaban J connectivity index is 1.19. The maximum absolute atomic E-state index is 6.88. The van der Waals surface area contributed by atoms with Gasteiger partial charge in [-0.3, -0.25) is 0 Å². The Bertz CT molecular complexity index is 3010. The summed E-state index contributed by atoms with van der Waals surface area (Å²) < 4.78 is 8.22. The highest BCUT2D eigenvalue weighted by atomic mass is 32.1. The molecule has 0 spiro atoms. The summed E-state index contributed by atoms with van der Waals surface area (Å²) in [7, 11) is 0. The Morgan fingerprint density at radius 3 is 1.88 bits per heavy atom. The minimum atomic E-state index is 0.955. The first-order valence-electron chi connectivity index (χ1n) is 17.7. The van der Waals surface area contributed by atoms with Crippen LogP contribution in [0.25, 0.3) is 105 Å². The summed E-state index contributed by atoms with van der Waals surface area (Å²) in [4.78, 5) is 1.38. The second-order valence-electron chi connectivity index (χ2n) is 13.7. The van der Waals surface area contributed by atoms with E-state index in [0.717, 1.165) is 36.8 Å². The third kappa shape index (κ3) is 4.06. The van der Waals surface area contributed by atoms with Gasteiger partial charge in [-0.25, -0.2) is 0 Å². The Labute approximate surface area is 293 Å². The van der Waals surface area contributed by atoms with Gasteiger partial charge in [-0.05, 0) is 109 Å². The molecule has 0 bridgehead atoms. The number of furan rings is 1. The largest absolute Gasteiger partial charge is 0.455 e. The predicted molar refractivity (Wildman–Crippen MR) is 215 cm³/mol. The van der Waals surface area contributed by atoms with E-state index in [-0.39, 0.29) is 0 Å². The van der Waals surface area contributed by atoms with Crippen LogP contribution in [0.15, 0.2) is 132 Å². The summed E-state index contributed by atoms with van der Waals surface area (Å²) in [6.07, 6.45) is 13.8. The number of aryl methyl sites for hydroxylation is 1. The van der Waals surface area contributed by atoms with Crippen molar-refractivity contribution in [3.05, 3.63) is 148 Å². The molecule has 1 nitrogen and oxygen atoms in total. The van der Waals surface area contributed by atoms with E-state index >= 15 is 0 Å². The van der Waals surface area contributed by atoms with Crippen LogP contribution in [0.5, 0.6) is 0 Å². The highest BCUT2D eigenvalue weighted by Crippen LogP contribution is 2.48. The average molecular weight is 657 g/mol. The third-order valence-electron chi connectivity index (χ3n) is 11.0. The van der Waals surface area contributed by atoms with E-state index < -0.39 is 0 Å². The van der Waals surface area contributed by atoms with Crippen LogP contribution in [0, 0.1) is 0 Å². The van der Waals surface area contributed by atoms with Gasteiger partial charge in [0.1, 0.15) is 11.2 Å². The van der Waals surface area contributed by atoms with Crippen LogP contribution in [0.2, 0.25) is 0 Å². The van der Waals surface area contributed by atoms with Crippen molar-refractivity contribution in [3.63, 3.8) is 0 Å². The van der Waals surface area contributed by atoms with Crippen molar-refractivity contribution in [2.75, 3.05) is 0 Å². The van der Waals surface area contributed by atoms with Crippen LogP contribution in [-0.4, -0.2) is 0 Å². The second-order valence-corrected chi connectivity index (χ2v) is 14.8. The molecule has 236 valence electrons. The number of benzene rings is 7. The first kappa shape index (κ1) is 28.2. The summed E-state index contributed by atoms with van der Waals surface area (Å²) in [6.45, 7) is 0. The number of thiophene rings is 1. The molecule has 0 unspecified atom stereocenters. The summed E-state index contributed by atoms with van der Waals surface area (Å²) in [6, 6.07) is 44.7. The number of hydrogen-bond acceptors (Lipinski definition) is 2. The molecular formula is C48H32OS. The molecule has 11 rings (SSSR count). The highest BCUT2D eigenvalue weighted by Gasteiger charge is 2.23. The zero-order valence-electron chi connectivity index (χ0n) is 27.5. The summed E-state index contributed by atoms with van der Waals surface area (Å²) in [5.41, 5.74) is 11.1. The molecule has 9 aromatic rings. The van der Waals surface area contributed by atoms with E-state index in [9.17, 15) is 0 Å². The minimum absolute atomic E-state index is 0.955. The third-order valence-corrected chi connectivity index (χ3v) is 12.2. The molecule has 0 saturated carbocycles. The van der Waals surface area contributed by atoms with Crippen LogP contribution < -0.4 is 10.4 Å². The number of fused-ring (bicyclic) bond motifs is 12. The van der Waals surface area contributed by atoms with Crippen molar-refractivity contribution >= 4 is 83.1 Å². The number of allylic oxidation sites excluding steroid dienone is 1. The summed E-state index contributed by atoms with van der Waals surface area (Å²) in [5.74, 6) is 0. The molecule has 2 heteroatoms. The van der Waals surface area contributed by atoms with Crippen LogP contribution in [0.1, 0.15) is 29.7 Å². The topological polar surface area (TPSA) is 13.1 Å². The molecule has 7 aromatic carbocycles. The smallest absolute Gasteiger partial charge is 0.145 e. The van der Waals surface area contributed by atoms with Crippen molar-refractivity contribution in [1.29, 1.82) is 0 Å². The molecule has 0 fully saturated rings. The Kier molecular flexibility index (Phi) is 6.14. The zero-order valence-corrected chi connectivity index (χ0v) is 28.3. The lowest BCUT2D eigenvalue weighted by Crippen LogP contribution is -2.31. The number of rotatable bonds is 3. The van der Waals surface area contributed by atoms with Crippen LogP contribution >= 0.6 is 11.3 Å². The molecule has 2 aromatic heterocycles. The van der Waals surface area contributed by atoms with Crippen molar-refractivity contribution in [2.24, 2.45) is 0 Å². The predicted octanol–water partition coefficient (Wildman–Crippen LogP) is 12.4. The van der Waals surface area contributed by atoms with Gasteiger partial charge in [0, 0.05) is 31.1 Å². The quantitative estimate of drug-likeness (QED) is 0.184. The van der Waals surface area contributed by atoms with E-state index in [0.29, 0.717) is 0 Å². The lowest BCUT2D eigenvalue weighted by molar-refractivity contribution is 0.672. The first-order valence-corrected chi connectivity index (χ1v) is 18.5. The lowest BCUT2D eigenvalue weighted by atomic mass is 9.85. The van der Waals surface area contributed by atoms with Gasteiger partial charge < -0.3 is 4.42 Å². The van der Waals surface area contributed by atoms with Gasteiger partial charge >= 0.3 is 0 Å². The maximum Gasteiger partial charge on any atom is 0.145 e. The van der Waals surface area contributed by atoms with Crippen molar-refractivity contribution in [3.8, 4) is 33.4 Å². The summed E-state index contributed by atoms with van der Waals surface area (Å²) >= 11 is 1.92. The van der Waals surface area contributed by atoms with E-state index in [1.807, 2.05) is 11.3 Å². The van der Waals surface area contributed by atoms with Gasteiger partial charge in [0.05, 0.1) is 0 Å². The minimum Gasteiger partial charge on any atom is -0.455 e. The van der Waals surface area contributed by atoms with Crippen molar-refractivity contribution in [2.45, 2.75) is 25.7 Å². The molecule has 2 aliphatic carbocycles. The van der Waals surface area contributed by atoms with Crippen LogP contribution in [-0.2, 0) is 6.42 Å². The van der Waals surface area contributed by atoms with Crippen LogP contribution in [0.4, 0.5) is 0 Å². The lowest BCUT2D eigenvalue weighted by Gasteiger charge is -2.18. The van der Waals surface area contributed by atoms with E-state index in [2.05, 4.69) is 146 Å². The molecule has 0 saturated heterocycles. The van der Waals surface area contributed by atoms with E-state index in [1.165, 1.54) is 96.7 Å². The fraction of sp³-hybridized carbons (Fsp3) is 0.0833. The molecule has 0 amide bonds. The standard InChI is InChI=1S/C48H32OS/c1-2-12-29(13-3-1)30-22-24-31(25-23-30)43-33-14-4-6-16-35(33)44(36-17-7-5-15-34(36)43)32-26-27-41-40(28-32)45-37-18-8-9-19-38(37)48-46(47(45)49-41)39-20-10-11-21-42(39)50-48/h1-4,6,8-9,11-19,21-28H,5,7,10,20H2. The van der Waals surface area contributed by atoms with E-state index in [1.54, 1.807) is 0 Å². The zero-order chi connectivity index (χ0) is 32.8. The summed E-state index contributed by atoms with van der Waals surface area (Å²) in [5, 5.41) is 11.6. The molecule has 2 aliphatic rings. The Morgan fingerprint density at radius 2 is 1.12 bits per heavy atom. The molecule has 50 heavy (non-hydrogen) atoms. The van der Waals surface area contributed by atoms with Crippen molar-refractivity contribution < 1.29 is 4.42 Å². The number of hydrogen-bond donors (Lipinski definition) is 0. The second kappa shape index (κ2) is 10.9.